The van der Waals surface area contributed by atoms with Crippen LogP contribution in [0.15, 0.2) is 60.8 Å². The summed E-state index contributed by atoms with van der Waals surface area (Å²) in [6.07, 6.45) is 2.81. The standard InChI is InChI=1S/C28H32FN5O4.CHF3/c1-28(29)37-24-8-7-21(18-25(24)38-28)33-27(35)22-5-2-3-6-23(22)32-19-20-9-11-31-26(17-20)30-10-4-12-34-13-15-36-16-14-34;2-1(3)4/h2-3,5-9,11,17-18,32H,4,10,12-16,19H2,1H3,(H,30,31)(H,33,35);1H. The van der Waals surface area contributed by atoms with Crippen molar-refractivity contribution in [2.45, 2.75) is 32.6 Å². The van der Waals surface area contributed by atoms with Crippen molar-refractivity contribution in [3.63, 3.8) is 0 Å². The first kappa shape index (κ1) is 30.8. The zero-order chi connectivity index (χ0) is 30.0. The van der Waals surface area contributed by atoms with E-state index in [0.29, 0.717) is 29.2 Å². The van der Waals surface area contributed by atoms with Crippen LogP contribution in [0.2, 0.25) is 0 Å². The Morgan fingerprint density at radius 1 is 1.02 bits per heavy atom. The number of hydrogen-bond acceptors (Lipinski definition) is 8. The number of benzene rings is 2. The van der Waals surface area contributed by atoms with Crippen molar-refractivity contribution in [1.29, 1.82) is 0 Å². The quantitative estimate of drug-likeness (QED) is 0.205. The number of carbonyl (C=O) groups excluding carboxylic acids is 1. The lowest BCUT2D eigenvalue weighted by Gasteiger charge is -2.26. The van der Waals surface area contributed by atoms with Gasteiger partial charge < -0.3 is 30.2 Å². The average molecular weight is 592 g/mol. The second-order valence-corrected chi connectivity index (χ2v) is 9.58. The van der Waals surface area contributed by atoms with Gasteiger partial charge in [0.1, 0.15) is 5.82 Å². The first-order chi connectivity index (χ1) is 20.2. The summed E-state index contributed by atoms with van der Waals surface area (Å²) in [6.45, 7) is 3.53. The van der Waals surface area contributed by atoms with Crippen LogP contribution >= 0.6 is 0 Å². The molecule has 1 aromatic heterocycles. The van der Waals surface area contributed by atoms with Gasteiger partial charge in [0.15, 0.2) is 11.5 Å². The summed E-state index contributed by atoms with van der Waals surface area (Å²) < 4.78 is 58.6. The number of hydrogen-bond donors (Lipinski definition) is 3. The number of nitrogens with zero attached hydrogens (tertiary/aromatic N) is 2. The SMILES string of the molecule is CC1(F)Oc2ccc(NC(=O)c3ccccc3NCc3ccnc(NCCCN4CCOCC4)c3)cc2O1.FC(F)F. The molecule has 13 heteroatoms. The fourth-order valence-electron chi connectivity index (χ4n) is 4.42. The molecular formula is C29H33F4N5O4. The van der Waals surface area contributed by atoms with Gasteiger partial charge in [-0.1, -0.05) is 12.1 Å². The molecule has 226 valence electrons. The third-order valence-corrected chi connectivity index (χ3v) is 6.33. The number of halogens is 4. The van der Waals surface area contributed by atoms with Crippen molar-refractivity contribution in [3.8, 4) is 11.5 Å². The van der Waals surface area contributed by atoms with Gasteiger partial charge in [-0.15, -0.1) is 0 Å². The predicted octanol–water partition coefficient (Wildman–Crippen LogP) is 5.67. The Morgan fingerprint density at radius 3 is 2.55 bits per heavy atom. The van der Waals surface area contributed by atoms with Crippen LogP contribution in [-0.2, 0) is 11.3 Å². The smallest absolute Gasteiger partial charge is 0.404 e. The summed E-state index contributed by atoms with van der Waals surface area (Å²) in [7, 11) is 0. The molecule has 1 fully saturated rings. The van der Waals surface area contributed by atoms with E-state index in [-0.39, 0.29) is 11.7 Å². The lowest BCUT2D eigenvalue weighted by Crippen LogP contribution is -2.37. The number of rotatable bonds is 10. The molecule has 5 rings (SSSR count). The maximum Gasteiger partial charge on any atom is 0.404 e. The van der Waals surface area contributed by atoms with Crippen molar-refractivity contribution in [2.24, 2.45) is 0 Å². The third-order valence-electron chi connectivity index (χ3n) is 6.33. The summed E-state index contributed by atoms with van der Waals surface area (Å²) in [5.74, 6) is 1.05. The highest BCUT2D eigenvalue weighted by molar-refractivity contribution is 6.08. The Kier molecular flexibility index (Phi) is 10.8. The Morgan fingerprint density at radius 2 is 1.76 bits per heavy atom. The fourth-order valence-corrected chi connectivity index (χ4v) is 4.42. The molecule has 1 unspecified atom stereocenters. The summed E-state index contributed by atoms with van der Waals surface area (Å²) in [5, 5.41) is 9.60. The van der Waals surface area contributed by atoms with Crippen LogP contribution in [0.1, 0.15) is 29.3 Å². The number of para-hydroxylation sites is 1. The van der Waals surface area contributed by atoms with E-state index >= 15 is 0 Å². The van der Waals surface area contributed by atoms with Crippen LogP contribution in [0, 0.1) is 0 Å². The number of alkyl halides is 4. The number of pyridine rings is 1. The summed E-state index contributed by atoms with van der Waals surface area (Å²) in [4.78, 5) is 19.9. The molecule has 9 nitrogen and oxygen atoms in total. The second kappa shape index (κ2) is 14.7. The van der Waals surface area contributed by atoms with E-state index in [9.17, 15) is 22.4 Å². The highest BCUT2D eigenvalue weighted by Gasteiger charge is 2.36. The van der Waals surface area contributed by atoms with E-state index < -0.39 is 12.7 Å². The summed E-state index contributed by atoms with van der Waals surface area (Å²) >= 11 is 0. The highest BCUT2D eigenvalue weighted by Crippen LogP contribution is 2.41. The molecule has 3 heterocycles. The third kappa shape index (κ3) is 9.48. The van der Waals surface area contributed by atoms with Gasteiger partial charge in [-0.2, -0.15) is 17.6 Å². The number of carbonyl (C=O) groups is 1. The largest absolute Gasteiger partial charge is 0.423 e. The van der Waals surface area contributed by atoms with Crippen molar-refractivity contribution in [2.75, 3.05) is 55.3 Å². The molecule has 3 N–H and O–H groups in total. The number of morpholine rings is 1. The molecular weight excluding hydrogens is 558 g/mol. The first-order valence-electron chi connectivity index (χ1n) is 13.4. The lowest BCUT2D eigenvalue weighted by molar-refractivity contribution is -0.173. The number of ether oxygens (including phenoxy) is 3. The van der Waals surface area contributed by atoms with Gasteiger partial charge in [-0.3, -0.25) is 9.69 Å². The Bertz CT molecular complexity index is 1320. The van der Waals surface area contributed by atoms with Crippen LogP contribution < -0.4 is 25.4 Å². The molecule has 1 amide bonds. The number of aromatic nitrogens is 1. The zero-order valence-corrected chi connectivity index (χ0v) is 23.0. The number of anilines is 3. The molecule has 0 saturated carbocycles. The van der Waals surface area contributed by atoms with E-state index in [1.165, 1.54) is 6.92 Å². The minimum atomic E-state index is -3.67. The first-order valence-corrected chi connectivity index (χ1v) is 13.4. The molecule has 2 aliphatic heterocycles. The van der Waals surface area contributed by atoms with E-state index in [2.05, 4.69) is 25.8 Å². The second-order valence-electron chi connectivity index (χ2n) is 9.58. The Balaban J connectivity index is 0.000000952. The van der Waals surface area contributed by atoms with E-state index in [0.717, 1.165) is 57.2 Å². The van der Waals surface area contributed by atoms with E-state index in [4.69, 9.17) is 14.2 Å². The molecule has 1 atom stereocenters. The number of nitrogens with one attached hydrogen (secondary N) is 3. The Labute approximate surface area is 241 Å². The van der Waals surface area contributed by atoms with Gasteiger partial charge in [0, 0.05) is 56.7 Å². The van der Waals surface area contributed by atoms with Gasteiger partial charge in [-0.05, 0) is 54.9 Å². The van der Waals surface area contributed by atoms with Crippen LogP contribution in [0.3, 0.4) is 0 Å². The van der Waals surface area contributed by atoms with Gasteiger partial charge >= 0.3 is 12.7 Å². The van der Waals surface area contributed by atoms with Gasteiger partial charge in [0.25, 0.3) is 5.91 Å². The van der Waals surface area contributed by atoms with Crippen LogP contribution in [0.4, 0.5) is 34.8 Å². The number of fused-ring (bicyclic) bond motifs is 1. The van der Waals surface area contributed by atoms with Crippen LogP contribution in [0.25, 0.3) is 0 Å². The summed E-state index contributed by atoms with van der Waals surface area (Å²) in [5.41, 5.74) is 2.69. The predicted molar refractivity (Wildman–Crippen MR) is 151 cm³/mol. The average Bonchev–Trinajstić information content (AvgIpc) is 3.28. The Hall–Kier alpha value is -4.10. The minimum absolute atomic E-state index is 0.238. The monoisotopic (exact) mass is 591 g/mol. The molecule has 0 bridgehead atoms. The molecule has 0 spiro atoms. The van der Waals surface area contributed by atoms with Crippen LogP contribution in [-0.4, -0.2) is 67.9 Å². The van der Waals surface area contributed by atoms with Gasteiger partial charge in [0.05, 0.1) is 18.8 Å². The lowest BCUT2D eigenvalue weighted by atomic mass is 10.1. The molecule has 3 aromatic rings. The highest BCUT2D eigenvalue weighted by atomic mass is 19.4. The van der Waals surface area contributed by atoms with Crippen LogP contribution in [0.5, 0.6) is 11.5 Å². The van der Waals surface area contributed by atoms with Crippen molar-refractivity contribution in [1.82, 2.24) is 9.88 Å². The van der Waals surface area contributed by atoms with Crippen molar-refractivity contribution < 1.29 is 36.6 Å². The van der Waals surface area contributed by atoms with Gasteiger partial charge in [-0.25, -0.2) is 4.98 Å². The molecule has 42 heavy (non-hydrogen) atoms. The topological polar surface area (TPSA) is 97.0 Å². The zero-order valence-electron chi connectivity index (χ0n) is 23.0. The molecule has 1 saturated heterocycles. The maximum absolute atomic E-state index is 14.0. The minimum Gasteiger partial charge on any atom is -0.423 e. The molecule has 2 aliphatic rings. The van der Waals surface area contributed by atoms with Crippen molar-refractivity contribution >= 4 is 23.1 Å². The molecule has 2 aromatic carbocycles. The fraction of sp³-hybridized carbons (Fsp3) is 0.379. The summed E-state index contributed by atoms with van der Waals surface area (Å²) in [6, 6.07) is 13.8. The normalized spacial score (nSPS) is 17.8. The van der Waals surface area contributed by atoms with E-state index in [1.807, 2.05) is 24.3 Å². The van der Waals surface area contributed by atoms with Crippen molar-refractivity contribution in [3.05, 3.63) is 71.9 Å². The van der Waals surface area contributed by atoms with Gasteiger partial charge in [0.2, 0.25) is 0 Å². The molecule has 0 aliphatic carbocycles. The molecule has 0 radical (unpaired) electrons. The van der Waals surface area contributed by atoms with E-state index in [1.54, 1.807) is 36.5 Å². The maximum atomic E-state index is 14.0. The number of amides is 1.